The summed E-state index contributed by atoms with van der Waals surface area (Å²) >= 11 is 0. The van der Waals surface area contributed by atoms with E-state index in [1.165, 1.54) is 0 Å². The molecule has 0 bridgehead atoms. The topological polar surface area (TPSA) is 162 Å². The van der Waals surface area contributed by atoms with Crippen LogP contribution in [0.4, 0.5) is 23.8 Å². The van der Waals surface area contributed by atoms with Crippen LogP contribution in [0.2, 0.25) is 0 Å². The van der Waals surface area contributed by atoms with Crippen LogP contribution >= 0.6 is 0 Å². The van der Waals surface area contributed by atoms with Gasteiger partial charge in [0.05, 0.1) is 13.2 Å². The predicted octanol–water partition coefficient (Wildman–Crippen LogP) is 5.18. The second-order valence-corrected chi connectivity index (χ2v) is 12.0. The Kier molecular flexibility index (Phi) is 12.9. The molecule has 272 valence electrons. The molecule has 1 aliphatic rings. The molecule has 2 aromatic heterocycles. The molecule has 1 saturated heterocycles. The van der Waals surface area contributed by atoms with Crippen molar-refractivity contribution in [3.63, 3.8) is 0 Å². The number of hydrogen-bond acceptors (Lipinski definition) is 7. The standard InChI is InChI=1S/C35H37N7O3.C2HF3O2/c43-34(42-18-17-36-29(22-42)24-45-23-26-11-5-2-6-12-26)32-20-28(19-25-9-3-1-4-10-25)33(41-40-32)39-35(44)37-16-15-27-21-38-31-14-8-7-13-30(27)31;3-2(4,5)1(6)7/h1-14,20-21,29,36,38H,15-19,22-24H2,(H2,37,39,41,44);(H,6,7)/t29-;/m1./s1. The van der Waals surface area contributed by atoms with Crippen molar-refractivity contribution >= 4 is 34.6 Å². The number of hydrogen-bond donors (Lipinski definition) is 5. The number of carbonyl (C=O) groups is 3. The number of amides is 3. The van der Waals surface area contributed by atoms with E-state index in [4.69, 9.17) is 14.6 Å². The third-order valence-corrected chi connectivity index (χ3v) is 8.13. The van der Waals surface area contributed by atoms with Crippen molar-refractivity contribution in [3.8, 4) is 0 Å². The Labute approximate surface area is 297 Å². The lowest BCUT2D eigenvalue weighted by Gasteiger charge is -2.33. The van der Waals surface area contributed by atoms with Crippen LogP contribution in [-0.2, 0) is 29.0 Å². The largest absolute Gasteiger partial charge is 0.490 e. The molecule has 0 radical (unpaired) electrons. The zero-order chi connectivity index (χ0) is 36.9. The first-order valence-electron chi connectivity index (χ1n) is 16.5. The van der Waals surface area contributed by atoms with E-state index in [0.717, 1.165) is 27.6 Å². The van der Waals surface area contributed by atoms with Crippen LogP contribution in [0.5, 0.6) is 0 Å². The summed E-state index contributed by atoms with van der Waals surface area (Å²) < 4.78 is 37.7. The zero-order valence-electron chi connectivity index (χ0n) is 28.0. The summed E-state index contributed by atoms with van der Waals surface area (Å²) in [5.74, 6) is -2.62. The van der Waals surface area contributed by atoms with Crippen LogP contribution < -0.4 is 16.0 Å². The number of benzene rings is 3. The van der Waals surface area contributed by atoms with E-state index in [1.54, 1.807) is 11.0 Å². The fourth-order valence-electron chi connectivity index (χ4n) is 5.57. The molecule has 5 N–H and O–H groups in total. The highest BCUT2D eigenvalue weighted by atomic mass is 19.4. The van der Waals surface area contributed by atoms with Crippen molar-refractivity contribution in [1.82, 2.24) is 30.7 Å². The molecule has 3 heterocycles. The van der Waals surface area contributed by atoms with E-state index in [9.17, 15) is 22.8 Å². The van der Waals surface area contributed by atoms with Gasteiger partial charge in [-0.2, -0.15) is 13.2 Å². The number of carboxylic acid groups (broad SMARTS) is 1. The molecular weight excluding hydrogens is 679 g/mol. The number of aromatic nitrogens is 3. The highest BCUT2D eigenvalue weighted by Crippen LogP contribution is 2.20. The number of ether oxygens (including phenoxy) is 1. The van der Waals surface area contributed by atoms with Crippen molar-refractivity contribution < 1.29 is 37.4 Å². The third-order valence-electron chi connectivity index (χ3n) is 8.13. The van der Waals surface area contributed by atoms with Crippen molar-refractivity contribution in [1.29, 1.82) is 0 Å². The normalized spacial score (nSPS) is 14.3. The Balaban J connectivity index is 0.000000679. The molecule has 1 aliphatic heterocycles. The van der Waals surface area contributed by atoms with Crippen LogP contribution in [0.15, 0.2) is 97.2 Å². The van der Waals surface area contributed by atoms with Crippen LogP contribution in [0.3, 0.4) is 0 Å². The fourth-order valence-corrected chi connectivity index (χ4v) is 5.57. The summed E-state index contributed by atoms with van der Waals surface area (Å²) in [7, 11) is 0. The van der Waals surface area contributed by atoms with Crippen LogP contribution in [-0.4, -0.2) is 88.1 Å². The highest BCUT2D eigenvalue weighted by Gasteiger charge is 2.38. The Morgan fingerprint density at radius 1 is 0.923 bits per heavy atom. The molecule has 15 heteroatoms. The summed E-state index contributed by atoms with van der Waals surface area (Å²) in [6, 6.07) is 29.4. The molecule has 1 fully saturated rings. The van der Waals surface area contributed by atoms with Gasteiger partial charge in [0.15, 0.2) is 11.5 Å². The minimum Gasteiger partial charge on any atom is -0.475 e. The Morgan fingerprint density at radius 3 is 2.31 bits per heavy atom. The Morgan fingerprint density at radius 2 is 1.60 bits per heavy atom. The maximum atomic E-state index is 13.6. The lowest BCUT2D eigenvalue weighted by atomic mass is 10.0. The Bertz CT molecular complexity index is 1940. The van der Waals surface area contributed by atoms with Gasteiger partial charge in [-0.25, -0.2) is 9.59 Å². The molecule has 0 saturated carbocycles. The number of H-pyrrole nitrogens is 1. The molecule has 12 nitrogen and oxygen atoms in total. The molecule has 0 spiro atoms. The van der Waals surface area contributed by atoms with E-state index >= 15 is 0 Å². The summed E-state index contributed by atoms with van der Waals surface area (Å²) in [6.07, 6.45) is -1.95. The molecule has 52 heavy (non-hydrogen) atoms. The van der Waals surface area contributed by atoms with Gasteiger partial charge in [-0.3, -0.25) is 10.1 Å². The monoisotopic (exact) mass is 717 g/mol. The minimum atomic E-state index is -5.08. The second kappa shape index (κ2) is 17.9. The number of piperazine rings is 1. The molecule has 6 rings (SSSR count). The number of carboxylic acids is 1. The summed E-state index contributed by atoms with van der Waals surface area (Å²) in [4.78, 5) is 40.4. The molecular formula is C37H38F3N7O5. The number of halogens is 3. The maximum Gasteiger partial charge on any atom is 0.490 e. The van der Waals surface area contributed by atoms with E-state index < -0.39 is 12.1 Å². The lowest BCUT2D eigenvalue weighted by molar-refractivity contribution is -0.192. The number of rotatable bonds is 11. The number of para-hydroxylation sites is 1. The molecule has 3 aromatic carbocycles. The summed E-state index contributed by atoms with van der Waals surface area (Å²) in [6.45, 7) is 3.18. The number of aromatic amines is 1. The van der Waals surface area contributed by atoms with Crippen molar-refractivity contribution in [2.24, 2.45) is 0 Å². The zero-order valence-corrected chi connectivity index (χ0v) is 28.0. The third kappa shape index (κ3) is 10.8. The van der Waals surface area contributed by atoms with E-state index in [1.807, 2.05) is 85.1 Å². The molecule has 1 atom stereocenters. The number of carbonyl (C=O) groups excluding carboxylic acids is 2. The number of aliphatic carboxylic acids is 1. The van der Waals surface area contributed by atoms with Gasteiger partial charge in [-0.1, -0.05) is 78.9 Å². The van der Waals surface area contributed by atoms with Crippen molar-refractivity contribution in [3.05, 3.63) is 125 Å². The van der Waals surface area contributed by atoms with Gasteiger partial charge >= 0.3 is 18.2 Å². The number of alkyl halides is 3. The number of urea groups is 1. The Hall–Kier alpha value is -5.80. The number of fused-ring (bicyclic) bond motifs is 1. The van der Waals surface area contributed by atoms with Crippen molar-refractivity contribution in [2.45, 2.75) is 31.7 Å². The van der Waals surface area contributed by atoms with Crippen LogP contribution in [0, 0.1) is 0 Å². The van der Waals surface area contributed by atoms with Crippen LogP contribution in [0.1, 0.15) is 32.7 Å². The first kappa shape index (κ1) is 37.5. The maximum absolute atomic E-state index is 13.6. The summed E-state index contributed by atoms with van der Waals surface area (Å²) in [5.41, 5.74) is 5.31. The smallest absolute Gasteiger partial charge is 0.475 e. The minimum absolute atomic E-state index is 0.0112. The van der Waals surface area contributed by atoms with Gasteiger partial charge in [0.25, 0.3) is 5.91 Å². The molecule has 5 aromatic rings. The second-order valence-electron chi connectivity index (χ2n) is 12.0. The van der Waals surface area contributed by atoms with Gasteiger partial charge in [0.2, 0.25) is 0 Å². The molecule has 0 unspecified atom stereocenters. The number of nitrogens with zero attached hydrogens (tertiary/aromatic N) is 3. The first-order chi connectivity index (χ1) is 25.1. The van der Waals surface area contributed by atoms with Crippen molar-refractivity contribution in [2.75, 3.05) is 38.1 Å². The first-order valence-corrected chi connectivity index (χ1v) is 16.5. The molecule has 3 amide bonds. The van der Waals surface area contributed by atoms with Gasteiger partial charge in [0, 0.05) is 61.3 Å². The lowest BCUT2D eigenvalue weighted by Crippen LogP contribution is -2.54. The van der Waals surface area contributed by atoms with Crippen LogP contribution in [0.25, 0.3) is 10.9 Å². The number of nitrogens with one attached hydrogen (secondary N) is 4. The number of anilines is 1. The fraction of sp³-hybridized carbons (Fsp3) is 0.270. The van der Waals surface area contributed by atoms with E-state index in [-0.39, 0.29) is 23.7 Å². The highest BCUT2D eigenvalue weighted by molar-refractivity contribution is 5.94. The average molecular weight is 718 g/mol. The quantitative estimate of drug-likeness (QED) is 0.125. The predicted molar refractivity (Wildman–Crippen MR) is 188 cm³/mol. The van der Waals surface area contributed by atoms with E-state index in [2.05, 4.69) is 37.2 Å². The van der Waals surface area contributed by atoms with Gasteiger partial charge in [-0.15, -0.1) is 10.2 Å². The average Bonchev–Trinajstić information content (AvgIpc) is 3.56. The summed E-state index contributed by atoms with van der Waals surface area (Å²) in [5, 5.41) is 26.1. The van der Waals surface area contributed by atoms with Gasteiger partial charge < -0.3 is 30.4 Å². The SMILES string of the molecule is O=C(NCCc1c[nH]c2ccccc12)Nc1nnc(C(=O)N2CCN[C@@H](COCc3ccccc3)C2)cc1Cc1ccccc1.O=C(O)C(F)(F)F. The molecule has 0 aliphatic carbocycles. The van der Waals surface area contributed by atoms with Gasteiger partial charge in [-0.05, 0) is 35.2 Å². The van der Waals surface area contributed by atoms with Gasteiger partial charge in [0.1, 0.15) is 0 Å². The van der Waals surface area contributed by atoms with E-state index in [0.29, 0.717) is 63.6 Å².